The quantitative estimate of drug-likeness (QED) is 0.852. The zero-order valence-electron chi connectivity index (χ0n) is 13.6. The number of carbonyl (C=O) groups excluding carboxylic acids is 1. The van der Waals surface area contributed by atoms with Crippen molar-refractivity contribution in [1.29, 1.82) is 0 Å². The van der Waals surface area contributed by atoms with Crippen LogP contribution in [0.1, 0.15) is 29.5 Å². The number of hydrogen-bond acceptors (Lipinski definition) is 3. The molecule has 0 radical (unpaired) electrons. The van der Waals surface area contributed by atoms with Gasteiger partial charge in [-0.1, -0.05) is 6.07 Å². The Labute approximate surface area is 138 Å². The summed E-state index contributed by atoms with van der Waals surface area (Å²) in [5, 5.41) is 9.68. The number of alkyl halides is 3. The van der Waals surface area contributed by atoms with E-state index in [1.54, 1.807) is 0 Å². The molecule has 1 aromatic rings. The summed E-state index contributed by atoms with van der Waals surface area (Å²) in [7, 11) is 0. The van der Waals surface area contributed by atoms with Gasteiger partial charge in [-0.3, -0.25) is 4.79 Å². The lowest BCUT2D eigenvalue weighted by Crippen LogP contribution is -2.56. The molecule has 1 fully saturated rings. The molecule has 0 spiro atoms. The molecular weight excluding hydrogens is 323 g/mol. The van der Waals surface area contributed by atoms with Crippen molar-refractivity contribution in [2.75, 3.05) is 13.1 Å². The summed E-state index contributed by atoms with van der Waals surface area (Å²) in [6.45, 7) is 3.69. The number of benzene rings is 1. The third-order valence-electron chi connectivity index (χ3n) is 5.06. The number of aliphatic hydroxyl groups is 1. The number of rotatable bonds is 1. The number of fused-ring (bicyclic) bond motifs is 1. The molecule has 1 unspecified atom stereocenters. The maximum absolute atomic E-state index is 12.8. The van der Waals surface area contributed by atoms with Crippen molar-refractivity contribution < 1.29 is 27.8 Å². The monoisotopic (exact) mass is 343 g/mol. The zero-order valence-corrected chi connectivity index (χ0v) is 13.6. The fourth-order valence-electron chi connectivity index (χ4n) is 3.24. The van der Waals surface area contributed by atoms with Gasteiger partial charge < -0.3 is 14.7 Å². The average Bonchev–Trinajstić information content (AvgIpc) is 2.89. The topological polar surface area (TPSA) is 49.8 Å². The van der Waals surface area contributed by atoms with Crippen molar-refractivity contribution in [1.82, 2.24) is 4.90 Å². The Balaban J connectivity index is 1.65. The molecule has 1 amide bonds. The molecule has 2 aliphatic heterocycles. The lowest BCUT2D eigenvalue weighted by molar-refractivity contribution is -0.272. The van der Waals surface area contributed by atoms with E-state index >= 15 is 0 Å². The van der Waals surface area contributed by atoms with Gasteiger partial charge in [-0.2, -0.15) is 13.2 Å². The molecule has 4 nitrogen and oxygen atoms in total. The molecule has 3 rings (SSSR count). The summed E-state index contributed by atoms with van der Waals surface area (Å²) < 4.78 is 44.2. The van der Waals surface area contributed by atoms with Crippen LogP contribution < -0.4 is 4.74 Å². The summed E-state index contributed by atoms with van der Waals surface area (Å²) in [4.78, 5) is 13.9. The van der Waals surface area contributed by atoms with Crippen LogP contribution in [0.2, 0.25) is 0 Å². The van der Waals surface area contributed by atoms with Crippen LogP contribution in [0.25, 0.3) is 0 Å². The van der Waals surface area contributed by atoms with Gasteiger partial charge in [0.1, 0.15) is 5.75 Å². The van der Waals surface area contributed by atoms with Gasteiger partial charge in [-0.05, 0) is 36.6 Å². The third-order valence-corrected chi connectivity index (χ3v) is 5.06. The van der Waals surface area contributed by atoms with E-state index in [-0.39, 0.29) is 19.0 Å². The number of nitrogens with zero attached hydrogens (tertiary/aromatic N) is 1. The minimum absolute atomic E-state index is 0.122. The van der Waals surface area contributed by atoms with E-state index in [2.05, 4.69) is 0 Å². The number of piperidine rings is 1. The van der Waals surface area contributed by atoms with Crippen molar-refractivity contribution in [2.45, 2.75) is 51.0 Å². The average molecular weight is 343 g/mol. The van der Waals surface area contributed by atoms with E-state index in [0.717, 1.165) is 16.7 Å². The van der Waals surface area contributed by atoms with Crippen molar-refractivity contribution >= 4 is 5.91 Å². The highest BCUT2D eigenvalue weighted by Gasteiger charge is 2.55. The van der Waals surface area contributed by atoms with Crippen LogP contribution in [0.3, 0.4) is 0 Å². The largest absolute Gasteiger partial charge is 0.480 e. The molecule has 1 N–H and O–H groups in total. The minimum Gasteiger partial charge on any atom is -0.480 e. The number of amides is 1. The summed E-state index contributed by atoms with van der Waals surface area (Å²) in [6, 6.07) is 3.87. The van der Waals surface area contributed by atoms with Gasteiger partial charge in [0.15, 0.2) is 11.7 Å². The molecule has 0 bridgehead atoms. The third kappa shape index (κ3) is 2.85. The molecule has 0 saturated carbocycles. The first kappa shape index (κ1) is 17.1. The fraction of sp³-hybridized carbons (Fsp3) is 0.588. The first-order chi connectivity index (χ1) is 11.1. The summed E-state index contributed by atoms with van der Waals surface area (Å²) in [5.74, 6) is 0.353. The summed E-state index contributed by atoms with van der Waals surface area (Å²) in [6.07, 6.45) is -5.94. The fourth-order valence-corrected chi connectivity index (χ4v) is 3.24. The molecule has 1 aromatic carbocycles. The Bertz CT molecular complexity index is 633. The number of halogens is 3. The molecule has 0 aliphatic carbocycles. The van der Waals surface area contributed by atoms with Crippen LogP contribution >= 0.6 is 0 Å². The summed E-state index contributed by atoms with van der Waals surface area (Å²) >= 11 is 0. The SMILES string of the molecule is Cc1cc2c(cc1C)OC(C(=O)N1CCC(O)(C(F)(F)F)CC1)C2. The second-order valence-electron chi connectivity index (χ2n) is 6.71. The number of hydrogen-bond donors (Lipinski definition) is 1. The molecule has 24 heavy (non-hydrogen) atoms. The van der Waals surface area contributed by atoms with E-state index in [1.807, 2.05) is 26.0 Å². The molecule has 1 atom stereocenters. The van der Waals surface area contributed by atoms with Crippen molar-refractivity contribution in [2.24, 2.45) is 0 Å². The van der Waals surface area contributed by atoms with Crippen LogP contribution in [0, 0.1) is 13.8 Å². The number of carbonyl (C=O) groups is 1. The van der Waals surface area contributed by atoms with Crippen LogP contribution in [-0.4, -0.2) is 46.9 Å². The smallest absolute Gasteiger partial charge is 0.417 e. The molecule has 2 heterocycles. The van der Waals surface area contributed by atoms with E-state index in [0.29, 0.717) is 12.2 Å². The maximum Gasteiger partial charge on any atom is 0.417 e. The lowest BCUT2D eigenvalue weighted by atomic mass is 9.90. The second kappa shape index (κ2) is 5.65. The first-order valence-corrected chi connectivity index (χ1v) is 7.95. The molecular formula is C17H20F3NO3. The first-order valence-electron chi connectivity index (χ1n) is 7.95. The number of aryl methyl sites for hydroxylation is 2. The van der Waals surface area contributed by atoms with Crippen LogP contribution in [-0.2, 0) is 11.2 Å². The molecule has 7 heteroatoms. The highest BCUT2D eigenvalue weighted by atomic mass is 19.4. The lowest BCUT2D eigenvalue weighted by Gasteiger charge is -2.39. The van der Waals surface area contributed by atoms with Gasteiger partial charge in [0.2, 0.25) is 0 Å². The van der Waals surface area contributed by atoms with E-state index < -0.39 is 30.7 Å². The van der Waals surface area contributed by atoms with E-state index in [1.165, 1.54) is 4.90 Å². The normalized spacial score (nSPS) is 22.9. The predicted octanol–water partition coefficient (Wildman–Crippen LogP) is 2.52. The van der Waals surface area contributed by atoms with Crippen molar-refractivity contribution in [3.63, 3.8) is 0 Å². The Morgan fingerprint density at radius 3 is 2.42 bits per heavy atom. The van der Waals surface area contributed by atoms with E-state index in [4.69, 9.17) is 4.74 Å². The van der Waals surface area contributed by atoms with Crippen LogP contribution in [0.4, 0.5) is 13.2 Å². The minimum atomic E-state index is -4.67. The molecule has 1 saturated heterocycles. The maximum atomic E-state index is 12.8. The van der Waals surface area contributed by atoms with Gasteiger partial charge in [-0.25, -0.2) is 0 Å². The zero-order chi connectivity index (χ0) is 17.7. The van der Waals surface area contributed by atoms with Gasteiger partial charge in [0.05, 0.1) is 0 Å². The number of likely N-dealkylation sites (tertiary alicyclic amines) is 1. The van der Waals surface area contributed by atoms with Gasteiger partial charge in [0, 0.05) is 32.4 Å². The van der Waals surface area contributed by atoms with E-state index in [9.17, 15) is 23.1 Å². The molecule has 132 valence electrons. The molecule has 2 aliphatic rings. The van der Waals surface area contributed by atoms with Gasteiger partial charge in [-0.15, -0.1) is 0 Å². The van der Waals surface area contributed by atoms with Crippen LogP contribution in [0.15, 0.2) is 12.1 Å². The van der Waals surface area contributed by atoms with Crippen LogP contribution in [0.5, 0.6) is 5.75 Å². The van der Waals surface area contributed by atoms with Crippen molar-refractivity contribution in [3.8, 4) is 5.75 Å². The Kier molecular flexibility index (Phi) is 4.02. The predicted molar refractivity (Wildman–Crippen MR) is 80.9 cm³/mol. The standard InChI is InChI=1S/C17H20F3NO3/c1-10-7-12-9-14(24-13(12)8-11(10)2)15(22)21-5-3-16(23,4-6-21)17(18,19)20/h7-8,14,23H,3-6,9H2,1-2H3. The molecule has 0 aromatic heterocycles. The van der Waals surface area contributed by atoms with Crippen molar-refractivity contribution in [3.05, 3.63) is 28.8 Å². The van der Waals surface area contributed by atoms with Gasteiger partial charge >= 0.3 is 6.18 Å². The van der Waals surface area contributed by atoms with Gasteiger partial charge in [0.25, 0.3) is 5.91 Å². The Morgan fingerprint density at radius 2 is 1.83 bits per heavy atom. The second-order valence-corrected chi connectivity index (χ2v) is 6.71. The number of ether oxygens (including phenoxy) is 1. The Morgan fingerprint density at radius 1 is 1.25 bits per heavy atom. The highest BCUT2D eigenvalue weighted by Crippen LogP contribution is 2.39. The highest BCUT2D eigenvalue weighted by molar-refractivity contribution is 5.83. The summed E-state index contributed by atoms with van der Waals surface area (Å²) in [5.41, 5.74) is 0.423. The Hall–Kier alpha value is -1.76.